The van der Waals surface area contributed by atoms with Crippen LogP contribution in [-0.2, 0) is 17.7 Å². The summed E-state index contributed by atoms with van der Waals surface area (Å²) in [5.41, 5.74) is -7.06. The molecular weight excluding hydrogens is 2130 g/mol. The third kappa shape index (κ3) is 35.1. The van der Waals surface area contributed by atoms with Gasteiger partial charge < -0.3 is 43.2 Å². The normalized spacial score (nSPS) is 35.3. The van der Waals surface area contributed by atoms with Crippen LogP contribution >= 0.6 is 44.3 Å². The third-order valence-electron chi connectivity index (χ3n) is 31.0. The van der Waals surface area contributed by atoms with E-state index in [9.17, 15) is 89.2 Å². The van der Waals surface area contributed by atoms with E-state index in [4.69, 9.17) is 77.3 Å². The minimum Gasteiger partial charge on any atom is -0.554 e. The van der Waals surface area contributed by atoms with E-state index in [2.05, 4.69) is 58.9 Å². The summed E-state index contributed by atoms with van der Waals surface area (Å²) in [6, 6.07) is -2.19. The van der Waals surface area contributed by atoms with Gasteiger partial charge in [0.1, 0.15) is 12.2 Å². The molecule has 0 aromatic carbocycles. The first-order valence-electron chi connectivity index (χ1n) is 43.7. The fourth-order valence-electron chi connectivity index (χ4n) is 25.6. The second-order valence-corrected chi connectivity index (χ2v) is 72.3. The summed E-state index contributed by atoms with van der Waals surface area (Å²) in [5, 5.41) is 46.1. The topological polar surface area (TPSA) is 138 Å². The van der Waals surface area contributed by atoms with Crippen LogP contribution < -0.4 is 0 Å². The van der Waals surface area contributed by atoms with Crippen molar-refractivity contribution < 1.29 is 122 Å². The van der Waals surface area contributed by atoms with Gasteiger partial charge in [-0.05, 0) is 387 Å². The van der Waals surface area contributed by atoms with Gasteiger partial charge in [-0.25, -0.2) is 13.2 Å². The first kappa shape index (κ1) is 132. The van der Waals surface area contributed by atoms with Gasteiger partial charge in [0.15, 0.2) is 30.6 Å². The molecule has 5 N–H and O–H groups in total. The van der Waals surface area contributed by atoms with Gasteiger partial charge >= 0.3 is 36.9 Å². The molecule has 0 heterocycles. The maximum absolute atomic E-state index is 13.0. The number of aliphatic hydroxyl groups is 5. The van der Waals surface area contributed by atoms with E-state index in [1.807, 2.05) is 13.1 Å². The number of halogens is 22. The van der Waals surface area contributed by atoms with E-state index in [0.717, 1.165) is 143 Å². The first-order chi connectivity index (χ1) is 53.9. The van der Waals surface area contributed by atoms with Gasteiger partial charge in [0, 0.05) is 28.4 Å². The van der Waals surface area contributed by atoms with Crippen molar-refractivity contribution in [2.24, 2.45) is 160 Å². The molecule has 30 unspecified atom stereocenters. The van der Waals surface area contributed by atoms with E-state index in [-0.39, 0.29) is 121 Å². The van der Waals surface area contributed by atoms with Gasteiger partial charge in [0.25, 0.3) is 19.4 Å². The quantitative estimate of drug-likeness (QED) is 0.0378. The number of hydrogen-bond acceptors (Lipinski definition) is 9. The molecule has 16 bridgehead atoms. The summed E-state index contributed by atoms with van der Waals surface area (Å²) in [6.45, 7) is 25.8. The minimum atomic E-state index is -5.67. The van der Waals surface area contributed by atoms with Crippen LogP contribution in [0.2, 0.25) is 78.6 Å². The van der Waals surface area contributed by atoms with Crippen LogP contribution in [0.25, 0.3) is 0 Å². The van der Waals surface area contributed by atoms with E-state index in [1.54, 1.807) is 35.0 Å². The van der Waals surface area contributed by atoms with Gasteiger partial charge in [0.2, 0.25) is 0 Å². The van der Waals surface area contributed by atoms with Crippen LogP contribution in [0.1, 0.15) is 246 Å². The largest absolute Gasteiger partial charge is 0.554 e. The second kappa shape index (κ2) is 50.1. The molecule has 0 spiro atoms. The predicted molar refractivity (Wildman–Crippen MR) is 497 cm³/mol. The van der Waals surface area contributed by atoms with Crippen LogP contribution in [0, 0.1) is 166 Å². The van der Waals surface area contributed by atoms with Crippen molar-refractivity contribution >= 4 is 82.9 Å². The van der Waals surface area contributed by atoms with Gasteiger partial charge in [-0.2, -0.15) is 65.9 Å². The molecule has 0 amide bonds. The van der Waals surface area contributed by atoms with Crippen molar-refractivity contribution in [3.8, 4) is 0 Å². The van der Waals surface area contributed by atoms with E-state index in [1.165, 1.54) is 57.8 Å². The van der Waals surface area contributed by atoms with Gasteiger partial charge in [0.05, 0.1) is 0 Å². The number of fused-ring (bicyclic) bond motifs is 31. The number of aliphatic hydroxyl groups excluding tert-OH is 3. The van der Waals surface area contributed by atoms with Crippen LogP contribution in [-0.4, -0.2) is 153 Å². The van der Waals surface area contributed by atoms with Crippen molar-refractivity contribution in [1.29, 1.82) is 0 Å². The Labute approximate surface area is 779 Å². The predicted octanol–water partition coefficient (Wildman–Crippen LogP) is 31.5. The van der Waals surface area contributed by atoms with Crippen LogP contribution in [0.4, 0.5) is 79.0 Å². The molecule has 16 aliphatic carbocycles. The molecule has 768 valence electrons. The average Bonchev–Trinajstić information content (AvgIpc) is 1.49. The Hall–Kier alpha value is -0.376. The molecule has 0 saturated heterocycles. The number of hydrogen-bond donors (Lipinski definition) is 5. The summed E-state index contributed by atoms with van der Waals surface area (Å²) in [5.74, 6) is 15.7. The molecule has 16 saturated carbocycles. The van der Waals surface area contributed by atoms with Crippen molar-refractivity contribution in [3.63, 3.8) is 0 Å². The Kier molecular flexibility index (Phi) is 51.6. The summed E-state index contributed by atoms with van der Waals surface area (Å²) in [6.07, 6.45) is -11.3. The molecule has 16 aliphatic rings. The molecule has 30 atom stereocenters. The molecule has 0 radical (unpaired) electrons. The Balaban J connectivity index is -0.00000142. The molecule has 16 fully saturated rings. The Morgan fingerprint density at radius 1 is 0.336 bits per heavy atom. The van der Waals surface area contributed by atoms with Crippen LogP contribution in [0.3, 0.4) is 0 Å². The van der Waals surface area contributed by atoms with Crippen LogP contribution in [0.5, 0.6) is 0 Å². The molecule has 0 aromatic heterocycles. The Bertz CT molecular complexity index is 3010. The zero-order valence-corrected chi connectivity index (χ0v) is 87.9. The number of alkyl halides is 18. The first-order valence-corrected chi connectivity index (χ1v) is 63.3. The fraction of sp³-hybridized carbons (Fsp3) is 0.989. The summed E-state index contributed by atoms with van der Waals surface area (Å²) < 4.78 is 244. The standard InChI is InChI=1S/C25H32F3O.C11H14F6O.C11H17F3O.2C10H15F3O.3C4H12OSi.C3H9ClOSi.CH3Cl3Si.8CH4.Rf/c26-25(27,28)18(29)6-11-4-12-5-13(11)22-17-8-16(21(12)22)23-14-7-15(24(17)23)20-10-2-1-9(3-10)19(14)20;12-10(13,14)9(18,11(15,16)17)5-8-4-6-1-2-7(8)3-6;1-10(15,11(12,13)14)6-9-5-7-2-3-8(9)4-7;2*11-10(12,13)9(14)5-8-4-6-1-2-7(8)3-6;4*1-5-6(2,3)4;1-5(2,3)4;;;;;;;;;/h9-17,19-24,29H,1-8H2;6-8,18H,1-5H2;7-9,15H,2-6H2,1H3;2*6-9,14H,1-5H2;3*1-4H3;1-3H3;1H3;8*1H4;/q-1;;;;;;;;;;;;;;;;;;. The molecule has 128 heavy (non-hydrogen) atoms. The maximum Gasteiger partial charge on any atom is 0.426 e. The Morgan fingerprint density at radius 2 is 0.594 bits per heavy atom. The molecular formula is C91H173Cl4F18O9RfSi5-. The third-order valence-corrected chi connectivity index (χ3v) is 36.1. The zero-order valence-electron chi connectivity index (χ0n) is 73.4. The van der Waals surface area contributed by atoms with Crippen molar-refractivity contribution in [2.45, 2.75) is 385 Å². The van der Waals surface area contributed by atoms with Crippen LogP contribution in [0.15, 0.2) is 0 Å². The van der Waals surface area contributed by atoms with Crippen molar-refractivity contribution in [3.05, 3.63) is 6.10 Å². The van der Waals surface area contributed by atoms with E-state index < -0.39 is 117 Å². The average molecular weight is 2300 g/mol. The SMILES string of the molecule is C.C.C.C.C.C.C.C.CC(O)(CC1CC2CCC1C2)C(F)(F)F.CO[Si](C)(C)C.CO[Si](C)(C)C.CO[Si](C)(C)C.CO[Si](C)(C)Cl.C[Si](Cl)(Cl)Cl.OC(CC1CC2CCC1C2)(C(F)(F)F)C(F)(F)F.OC(CC1CC2CCC1C2)C(F)(F)F.OC(CC1CC2CCC1C2)C(F)(F)F.O[C-](CC1CC2CC1C1C3CC(C21)C1C2CC(C4C5CCC(C5)C24)C31)C(F)(F)F.[Rf]. The van der Waals surface area contributed by atoms with E-state index >= 15 is 0 Å². The summed E-state index contributed by atoms with van der Waals surface area (Å²) in [4.78, 5) is 0. The number of rotatable bonds is 14. The summed E-state index contributed by atoms with van der Waals surface area (Å²) in [7, 11) is 1.90. The summed E-state index contributed by atoms with van der Waals surface area (Å²) >= 11 is 21.2. The molecule has 0 aliphatic heterocycles. The molecule has 0 aromatic rings. The smallest absolute Gasteiger partial charge is 0.426 e. The zero-order chi connectivity index (χ0) is 90.4. The van der Waals surface area contributed by atoms with Crippen molar-refractivity contribution in [2.75, 3.05) is 28.4 Å². The second-order valence-electron chi connectivity index (χ2n) is 42.4. The van der Waals surface area contributed by atoms with E-state index in [0.29, 0.717) is 72.5 Å². The monoisotopic (exact) mass is 2300 g/mol. The molecule has 9 nitrogen and oxygen atoms in total. The van der Waals surface area contributed by atoms with Crippen molar-refractivity contribution in [1.82, 2.24) is 0 Å². The fourth-order valence-corrected chi connectivity index (χ4v) is 25.6. The molecule has 16 rings (SSSR count). The van der Waals surface area contributed by atoms with Gasteiger partial charge in [-0.15, -0.1) is 50.7 Å². The maximum atomic E-state index is 13.0. The van der Waals surface area contributed by atoms with Gasteiger partial charge in [-0.1, -0.05) is 97.1 Å². The minimum absolute atomic E-state index is 0. The Morgan fingerprint density at radius 3 is 0.828 bits per heavy atom. The molecule has 37 heteroatoms. The van der Waals surface area contributed by atoms with Gasteiger partial charge in [-0.3, -0.25) is 0 Å².